The molecule has 1 fully saturated rings. The molecule has 1 aliphatic rings. The van der Waals surface area contributed by atoms with Crippen LogP contribution in [0.25, 0.3) is 0 Å². The second-order valence-corrected chi connectivity index (χ2v) is 5.21. The van der Waals surface area contributed by atoms with Gasteiger partial charge in [-0.05, 0) is 57.7 Å². The molecule has 2 nitrogen and oxygen atoms in total. The maximum absolute atomic E-state index is 13.6. The van der Waals surface area contributed by atoms with E-state index < -0.39 is 0 Å². The topological polar surface area (TPSA) is 20.3 Å². The van der Waals surface area contributed by atoms with Crippen LogP contribution in [0.15, 0.2) is 12.1 Å². The lowest BCUT2D eigenvalue weighted by atomic mass is 9.98. The molecule has 0 saturated carbocycles. The first-order valence-electron chi connectivity index (χ1n) is 6.58. The van der Waals surface area contributed by atoms with Crippen molar-refractivity contribution in [3.05, 3.63) is 29.1 Å². The van der Waals surface area contributed by atoms with Gasteiger partial charge in [0.2, 0.25) is 0 Å². The molecule has 1 atom stereocenters. The molecule has 1 aliphatic heterocycles. The predicted molar refractivity (Wildman–Crippen MR) is 71.8 cm³/mol. The maximum atomic E-state index is 13.6. The fourth-order valence-corrected chi connectivity index (χ4v) is 2.64. The molecule has 0 amide bonds. The van der Waals surface area contributed by atoms with Crippen LogP contribution in [0.4, 0.5) is 10.1 Å². The second-order valence-electron chi connectivity index (χ2n) is 5.21. The zero-order valence-electron chi connectivity index (χ0n) is 11.3. The first-order chi connectivity index (χ1) is 8.50. The number of rotatable bonds is 2. The quantitative estimate of drug-likeness (QED) is 0.745. The van der Waals surface area contributed by atoms with E-state index in [1.807, 2.05) is 6.07 Å². The Morgan fingerprint density at radius 1 is 1.39 bits per heavy atom. The first-order valence-corrected chi connectivity index (χ1v) is 6.58. The summed E-state index contributed by atoms with van der Waals surface area (Å²) < 4.78 is 13.6. The largest absolute Gasteiger partial charge is 0.368 e. The van der Waals surface area contributed by atoms with Crippen LogP contribution in [-0.2, 0) is 0 Å². The molecule has 1 saturated heterocycles. The average Bonchev–Trinajstić information content (AvgIpc) is 2.32. The van der Waals surface area contributed by atoms with Crippen molar-refractivity contribution >= 4 is 11.5 Å². The smallest absolute Gasteiger partial charge is 0.161 e. The van der Waals surface area contributed by atoms with Gasteiger partial charge in [0.05, 0.1) is 0 Å². The van der Waals surface area contributed by atoms with Gasteiger partial charge in [-0.3, -0.25) is 4.79 Å². The molecule has 1 heterocycles. The summed E-state index contributed by atoms with van der Waals surface area (Å²) in [5.74, 6) is -0.365. The van der Waals surface area contributed by atoms with Crippen molar-refractivity contribution in [1.29, 1.82) is 0 Å². The van der Waals surface area contributed by atoms with Crippen molar-refractivity contribution in [2.75, 3.05) is 11.4 Å². The van der Waals surface area contributed by atoms with Gasteiger partial charge < -0.3 is 4.90 Å². The van der Waals surface area contributed by atoms with Crippen LogP contribution in [0.2, 0.25) is 0 Å². The number of ketones is 1. The molecule has 0 aliphatic carbocycles. The van der Waals surface area contributed by atoms with Gasteiger partial charge in [0, 0.05) is 23.8 Å². The van der Waals surface area contributed by atoms with E-state index in [0.29, 0.717) is 17.2 Å². The molecule has 0 bridgehead atoms. The van der Waals surface area contributed by atoms with Crippen molar-refractivity contribution in [3.8, 4) is 0 Å². The predicted octanol–water partition coefficient (Wildman–Crippen LogP) is 3.72. The maximum Gasteiger partial charge on any atom is 0.161 e. The van der Waals surface area contributed by atoms with Crippen LogP contribution in [0.5, 0.6) is 0 Å². The van der Waals surface area contributed by atoms with E-state index in [-0.39, 0.29) is 11.6 Å². The van der Waals surface area contributed by atoms with Crippen molar-refractivity contribution in [2.45, 2.75) is 46.1 Å². The van der Waals surface area contributed by atoms with E-state index in [4.69, 9.17) is 0 Å². The highest BCUT2D eigenvalue weighted by molar-refractivity contribution is 6.00. The summed E-state index contributed by atoms with van der Waals surface area (Å²) in [4.78, 5) is 13.9. The number of aryl methyl sites for hydroxylation is 1. The molecule has 1 unspecified atom stereocenters. The molecule has 18 heavy (non-hydrogen) atoms. The summed E-state index contributed by atoms with van der Waals surface area (Å²) in [6.45, 7) is 6.37. The summed E-state index contributed by atoms with van der Waals surface area (Å²) in [7, 11) is 0. The summed E-state index contributed by atoms with van der Waals surface area (Å²) in [5, 5.41) is 0. The monoisotopic (exact) mass is 249 g/mol. The lowest BCUT2D eigenvalue weighted by molar-refractivity contribution is 0.101. The Labute approximate surface area is 108 Å². The van der Waals surface area contributed by atoms with E-state index >= 15 is 0 Å². The van der Waals surface area contributed by atoms with Gasteiger partial charge in [-0.1, -0.05) is 0 Å². The van der Waals surface area contributed by atoms with Crippen molar-refractivity contribution < 1.29 is 9.18 Å². The minimum absolute atomic E-state index is 0.0679. The third-order valence-corrected chi connectivity index (χ3v) is 3.77. The molecule has 98 valence electrons. The minimum Gasteiger partial charge on any atom is -0.368 e. The second kappa shape index (κ2) is 5.09. The van der Waals surface area contributed by atoms with Crippen molar-refractivity contribution in [3.63, 3.8) is 0 Å². The van der Waals surface area contributed by atoms with Gasteiger partial charge in [0.25, 0.3) is 0 Å². The van der Waals surface area contributed by atoms with Gasteiger partial charge in [0.15, 0.2) is 5.78 Å². The molecular formula is C15H20FNO. The van der Waals surface area contributed by atoms with Gasteiger partial charge in [-0.15, -0.1) is 0 Å². The highest BCUT2D eigenvalue weighted by atomic mass is 19.1. The average molecular weight is 249 g/mol. The van der Waals surface area contributed by atoms with Gasteiger partial charge in [0.1, 0.15) is 5.82 Å². The Bertz CT molecular complexity index is 470. The highest BCUT2D eigenvalue weighted by Gasteiger charge is 2.23. The Hall–Kier alpha value is -1.38. The lowest BCUT2D eigenvalue weighted by Gasteiger charge is -2.36. The van der Waals surface area contributed by atoms with E-state index in [1.54, 1.807) is 6.92 Å². The zero-order valence-corrected chi connectivity index (χ0v) is 11.3. The molecule has 0 aromatic heterocycles. The molecule has 1 aromatic rings. The standard InChI is InChI=1S/C15H20FNO/c1-10-8-15(13(12(3)18)9-14(10)16)17-7-5-4-6-11(17)2/h8-9,11H,4-7H2,1-3H3. The highest BCUT2D eigenvalue weighted by Crippen LogP contribution is 2.30. The third kappa shape index (κ3) is 2.40. The summed E-state index contributed by atoms with van der Waals surface area (Å²) >= 11 is 0. The van der Waals surface area contributed by atoms with E-state index in [0.717, 1.165) is 25.1 Å². The summed E-state index contributed by atoms with van der Waals surface area (Å²) in [6, 6.07) is 3.61. The molecule has 3 heteroatoms. The van der Waals surface area contributed by atoms with E-state index in [2.05, 4.69) is 11.8 Å². The Kier molecular flexibility index (Phi) is 3.69. The van der Waals surface area contributed by atoms with Crippen LogP contribution in [0, 0.1) is 12.7 Å². The fraction of sp³-hybridized carbons (Fsp3) is 0.533. The molecule has 1 aromatic carbocycles. The van der Waals surface area contributed by atoms with Crippen LogP contribution in [0.1, 0.15) is 49.0 Å². The van der Waals surface area contributed by atoms with Crippen LogP contribution >= 0.6 is 0 Å². The number of piperidine rings is 1. The minimum atomic E-state index is -0.298. The van der Waals surface area contributed by atoms with E-state index in [9.17, 15) is 9.18 Å². The zero-order chi connectivity index (χ0) is 13.3. The Morgan fingerprint density at radius 3 is 2.72 bits per heavy atom. The number of nitrogens with zero attached hydrogens (tertiary/aromatic N) is 1. The van der Waals surface area contributed by atoms with Gasteiger partial charge >= 0.3 is 0 Å². The van der Waals surface area contributed by atoms with Crippen LogP contribution in [-0.4, -0.2) is 18.4 Å². The SMILES string of the molecule is CC(=O)c1cc(F)c(C)cc1N1CCCCC1C. The number of Topliss-reactive ketones (excluding diaryl/α,β-unsaturated/α-hetero) is 1. The van der Waals surface area contributed by atoms with E-state index in [1.165, 1.54) is 19.4 Å². The van der Waals surface area contributed by atoms with Gasteiger partial charge in [-0.25, -0.2) is 4.39 Å². The fourth-order valence-electron chi connectivity index (χ4n) is 2.64. The van der Waals surface area contributed by atoms with Crippen molar-refractivity contribution in [2.24, 2.45) is 0 Å². The summed E-state index contributed by atoms with van der Waals surface area (Å²) in [5.41, 5.74) is 2.01. The summed E-state index contributed by atoms with van der Waals surface area (Å²) in [6.07, 6.45) is 3.50. The third-order valence-electron chi connectivity index (χ3n) is 3.77. The van der Waals surface area contributed by atoms with Crippen LogP contribution in [0.3, 0.4) is 0 Å². The van der Waals surface area contributed by atoms with Crippen molar-refractivity contribution in [1.82, 2.24) is 0 Å². The first kappa shape index (κ1) is 13.1. The number of carbonyl (C=O) groups excluding carboxylic acids is 1. The molecule has 0 spiro atoms. The molecule has 2 rings (SSSR count). The molecular weight excluding hydrogens is 229 g/mol. The number of hydrogen-bond donors (Lipinski definition) is 0. The normalized spacial score (nSPS) is 20.0. The Balaban J connectivity index is 2.47. The number of benzene rings is 1. The lowest BCUT2D eigenvalue weighted by Crippen LogP contribution is -2.38. The number of hydrogen-bond acceptors (Lipinski definition) is 2. The Morgan fingerprint density at radius 2 is 2.11 bits per heavy atom. The molecule has 0 N–H and O–H groups in total. The molecule has 0 radical (unpaired) electrons. The van der Waals surface area contributed by atoms with Crippen LogP contribution < -0.4 is 4.90 Å². The number of halogens is 1. The number of carbonyl (C=O) groups is 1. The van der Waals surface area contributed by atoms with Gasteiger partial charge in [-0.2, -0.15) is 0 Å². The number of anilines is 1.